The molecule has 122 valence electrons. The van der Waals surface area contributed by atoms with Crippen LogP contribution in [0.1, 0.15) is 17.3 Å². The first-order chi connectivity index (χ1) is 11.7. The van der Waals surface area contributed by atoms with Crippen LogP contribution in [0.4, 0.5) is 0 Å². The van der Waals surface area contributed by atoms with E-state index < -0.39 is 0 Å². The third-order valence-electron chi connectivity index (χ3n) is 4.37. The highest BCUT2D eigenvalue weighted by atomic mass is 16.5. The van der Waals surface area contributed by atoms with E-state index in [2.05, 4.69) is 4.98 Å². The first kappa shape index (κ1) is 14.9. The molecule has 1 fully saturated rings. The molecule has 1 aromatic heterocycles. The molecule has 1 atom stereocenters. The van der Waals surface area contributed by atoms with Gasteiger partial charge in [0.25, 0.3) is 5.91 Å². The van der Waals surface area contributed by atoms with Crippen LogP contribution < -0.4 is 0 Å². The van der Waals surface area contributed by atoms with Crippen molar-refractivity contribution in [3.05, 3.63) is 60.4 Å². The second-order valence-electron chi connectivity index (χ2n) is 6.08. The molecule has 2 heterocycles. The van der Waals surface area contributed by atoms with Gasteiger partial charge in [-0.1, -0.05) is 12.1 Å². The Balaban J connectivity index is 1.59. The summed E-state index contributed by atoms with van der Waals surface area (Å²) >= 11 is 0. The number of hydrogen-bond donors (Lipinski definition) is 0. The quantitative estimate of drug-likeness (QED) is 0.729. The van der Waals surface area contributed by atoms with Crippen LogP contribution in [-0.2, 0) is 4.74 Å². The summed E-state index contributed by atoms with van der Waals surface area (Å²) in [7, 11) is 0. The number of aromatic nitrogens is 2. The molecule has 0 N–H and O–H groups in total. The van der Waals surface area contributed by atoms with Crippen LogP contribution in [0, 0.1) is 0 Å². The van der Waals surface area contributed by atoms with Gasteiger partial charge in [0.1, 0.15) is 6.33 Å². The maximum atomic E-state index is 12.6. The second kappa shape index (κ2) is 6.09. The van der Waals surface area contributed by atoms with Crippen molar-refractivity contribution in [1.29, 1.82) is 0 Å². The zero-order chi connectivity index (χ0) is 16.5. The summed E-state index contributed by atoms with van der Waals surface area (Å²) in [5.74, 6) is 0.0622. The van der Waals surface area contributed by atoms with Crippen LogP contribution in [0.15, 0.2) is 54.9 Å². The highest BCUT2D eigenvalue weighted by molar-refractivity contribution is 5.94. The monoisotopic (exact) mass is 321 g/mol. The number of fused-ring (bicyclic) bond motifs is 1. The number of benzene rings is 2. The Labute approximate surface area is 140 Å². The molecule has 0 radical (unpaired) electrons. The Kier molecular flexibility index (Phi) is 3.78. The molecule has 5 heteroatoms. The molecule has 0 spiro atoms. The standard InChI is InChI=1S/C19H19N3O2/c1-14-12-21(10-11-24-14)19(23)15-6-8-16(9-7-15)22-13-20-17-4-2-3-5-18(17)22/h2-9,13-14H,10-12H2,1H3. The molecule has 5 nitrogen and oxygen atoms in total. The largest absolute Gasteiger partial charge is 0.375 e. The summed E-state index contributed by atoms with van der Waals surface area (Å²) in [5, 5.41) is 0. The summed E-state index contributed by atoms with van der Waals surface area (Å²) in [4.78, 5) is 18.9. The van der Waals surface area contributed by atoms with Crippen molar-refractivity contribution in [2.45, 2.75) is 13.0 Å². The number of carbonyl (C=O) groups is 1. The van der Waals surface area contributed by atoms with Crippen molar-refractivity contribution < 1.29 is 9.53 Å². The van der Waals surface area contributed by atoms with Crippen LogP contribution in [0.5, 0.6) is 0 Å². The zero-order valence-electron chi connectivity index (χ0n) is 13.6. The fourth-order valence-electron chi connectivity index (χ4n) is 3.12. The van der Waals surface area contributed by atoms with Gasteiger partial charge in [-0.25, -0.2) is 4.98 Å². The highest BCUT2D eigenvalue weighted by Crippen LogP contribution is 2.19. The van der Waals surface area contributed by atoms with Crippen molar-refractivity contribution >= 4 is 16.9 Å². The number of imidazole rings is 1. The third-order valence-corrected chi connectivity index (χ3v) is 4.37. The van der Waals surface area contributed by atoms with E-state index in [0.29, 0.717) is 25.3 Å². The normalized spacial score (nSPS) is 18.0. The fraction of sp³-hybridized carbons (Fsp3) is 0.263. The predicted molar refractivity (Wildman–Crippen MR) is 92.4 cm³/mol. The van der Waals surface area contributed by atoms with Crippen molar-refractivity contribution in [1.82, 2.24) is 14.5 Å². The summed E-state index contributed by atoms with van der Waals surface area (Å²) in [6.07, 6.45) is 1.91. The minimum atomic E-state index is 0.0622. The van der Waals surface area contributed by atoms with Gasteiger partial charge in [-0.2, -0.15) is 0 Å². The van der Waals surface area contributed by atoms with E-state index in [1.165, 1.54) is 0 Å². The zero-order valence-corrected chi connectivity index (χ0v) is 13.6. The Morgan fingerprint density at radius 3 is 2.75 bits per heavy atom. The molecule has 4 rings (SSSR count). The first-order valence-corrected chi connectivity index (χ1v) is 8.16. The molecule has 0 saturated carbocycles. The number of rotatable bonds is 2. The van der Waals surface area contributed by atoms with Crippen molar-refractivity contribution in [3.63, 3.8) is 0 Å². The van der Waals surface area contributed by atoms with Crippen LogP contribution in [0.2, 0.25) is 0 Å². The van der Waals surface area contributed by atoms with E-state index in [1.807, 2.05) is 71.2 Å². The summed E-state index contributed by atoms with van der Waals surface area (Å²) in [5.41, 5.74) is 3.71. The molecule has 2 aromatic carbocycles. The molecule has 3 aromatic rings. The Bertz CT molecular complexity index is 870. The number of carbonyl (C=O) groups excluding carboxylic acids is 1. The molecule has 1 saturated heterocycles. The number of ether oxygens (including phenoxy) is 1. The van der Waals surface area contributed by atoms with Gasteiger partial charge >= 0.3 is 0 Å². The topological polar surface area (TPSA) is 47.4 Å². The van der Waals surface area contributed by atoms with Gasteiger partial charge < -0.3 is 9.64 Å². The summed E-state index contributed by atoms with van der Waals surface area (Å²) in [6.45, 7) is 3.89. The maximum Gasteiger partial charge on any atom is 0.254 e. The lowest BCUT2D eigenvalue weighted by Gasteiger charge is -2.31. The number of nitrogens with zero attached hydrogens (tertiary/aromatic N) is 3. The van der Waals surface area contributed by atoms with Crippen LogP contribution in [0.25, 0.3) is 16.7 Å². The molecule has 1 unspecified atom stereocenters. The van der Waals surface area contributed by atoms with Gasteiger partial charge in [-0.15, -0.1) is 0 Å². The van der Waals surface area contributed by atoms with E-state index in [0.717, 1.165) is 16.7 Å². The number of amides is 1. The lowest BCUT2D eigenvalue weighted by Crippen LogP contribution is -2.44. The van der Waals surface area contributed by atoms with Crippen molar-refractivity contribution in [2.75, 3.05) is 19.7 Å². The van der Waals surface area contributed by atoms with Crippen molar-refractivity contribution in [2.24, 2.45) is 0 Å². The highest BCUT2D eigenvalue weighted by Gasteiger charge is 2.22. The van der Waals surface area contributed by atoms with Crippen LogP contribution in [-0.4, -0.2) is 46.2 Å². The van der Waals surface area contributed by atoms with Gasteiger partial charge in [0.05, 0.1) is 23.7 Å². The van der Waals surface area contributed by atoms with E-state index in [9.17, 15) is 4.79 Å². The van der Waals surface area contributed by atoms with Gasteiger partial charge in [-0.3, -0.25) is 9.36 Å². The van der Waals surface area contributed by atoms with Crippen molar-refractivity contribution in [3.8, 4) is 5.69 Å². The molecule has 1 amide bonds. The molecular formula is C19H19N3O2. The minimum absolute atomic E-state index is 0.0622. The maximum absolute atomic E-state index is 12.6. The predicted octanol–water partition coefficient (Wildman–Crippen LogP) is 2.89. The minimum Gasteiger partial charge on any atom is -0.375 e. The van der Waals surface area contributed by atoms with Crippen LogP contribution >= 0.6 is 0 Å². The van der Waals surface area contributed by atoms with Crippen LogP contribution in [0.3, 0.4) is 0 Å². The van der Waals surface area contributed by atoms with Gasteiger partial charge in [-0.05, 0) is 43.3 Å². The Hall–Kier alpha value is -2.66. The Morgan fingerprint density at radius 2 is 1.96 bits per heavy atom. The lowest BCUT2D eigenvalue weighted by molar-refractivity contribution is -0.0124. The average molecular weight is 321 g/mol. The average Bonchev–Trinajstić information content (AvgIpc) is 3.05. The molecular weight excluding hydrogens is 302 g/mol. The summed E-state index contributed by atoms with van der Waals surface area (Å²) in [6, 6.07) is 15.7. The molecule has 24 heavy (non-hydrogen) atoms. The van der Waals surface area contributed by atoms with Gasteiger partial charge in [0.2, 0.25) is 0 Å². The number of morpholine rings is 1. The molecule has 0 aliphatic carbocycles. The van der Waals surface area contributed by atoms with E-state index >= 15 is 0 Å². The number of para-hydroxylation sites is 2. The molecule has 1 aliphatic rings. The fourth-order valence-corrected chi connectivity index (χ4v) is 3.12. The smallest absolute Gasteiger partial charge is 0.254 e. The number of hydrogen-bond acceptors (Lipinski definition) is 3. The van der Waals surface area contributed by atoms with Gasteiger partial charge in [0.15, 0.2) is 0 Å². The van der Waals surface area contributed by atoms with E-state index in [1.54, 1.807) is 0 Å². The Morgan fingerprint density at radius 1 is 1.17 bits per heavy atom. The van der Waals surface area contributed by atoms with E-state index in [-0.39, 0.29) is 12.0 Å². The first-order valence-electron chi connectivity index (χ1n) is 8.16. The molecule has 0 bridgehead atoms. The second-order valence-corrected chi connectivity index (χ2v) is 6.08. The molecule has 1 aliphatic heterocycles. The SMILES string of the molecule is CC1CN(C(=O)c2ccc(-n3cnc4ccccc43)cc2)CCO1. The summed E-state index contributed by atoms with van der Waals surface area (Å²) < 4.78 is 7.53. The van der Waals surface area contributed by atoms with Gasteiger partial charge in [0, 0.05) is 24.3 Å². The third kappa shape index (κ3) is 2.67. The lowest BCUT2D eigenvalue weighted by atomic mass is 10.1. The van der Waals surface area contributed by atoms with E-state index in [4.69, 9.17) is 4.74 Å².